The molecule has 0 aliphatic carbocycles. The Balaban J connectivity index is -0.000000630. The largest absolute Gasteiger partial charge is 0.759 e. The van der Waals surface area contributed by atoms with E-state index < -0.39 is 16.5 Å². The first-order valence-electron chi connectivity index (χ1n) is 20.4. The van der Waals surface area contributed by atoms with Crippen LogP contribution in [0.1, 0.15) is 177 Å². The van der Waals surface area contributed by atoms with E-state index in [1.807, 2.05) is 24.3 Å². The second kappa shape index (κ2) is 34.8. The molecule has 1 aromatic rings. The Morgan fingerprint density at radius 2 is 0.740 bits per heavy atom. The highest BCUT2D eigenvalue weighted by Gasteiger charge is 2.25. The number of aliphatic hydroxyl groups is 1. The molecule has 1 rings (SSSR count). The Bertz CT molecular complexity index is 822. The van der Waals surface area contributed by atoms with Crippen LogP contribution in [0.15, 0.2) is 24.3 Å². The molecular formula is C41H84N2O6S. The molecule has 0 saturated carbocycles. The van der Waals surface area contributed by atoms with Crippen molar-refractivity contribution in [1.29, 1.82) is 0 Å². The second-order valence-electron chi connectivity index (χ2n) is 14.2. The van der Waals surface area contributed by atoms with Crippen LogP contribution in [0.3, 0.4) is 0 Å². The molecule has 0 amide bonds. The third-order valence-electron chi connectivity index (χ3n) is 9.49. The van der Waals surface area contributed by atoms with E-state index in [4.69, 9.17) is 27.4 Å². The lowest BCUT2D eigenvalue weighted by Gasteiger charge is -2.39. The van der Waals surface area contributed by atoms with Crippen molar-refractivity contribution in [3.05, 3.63) is 29.8 Å². The number of methoxy groups -OCH3 is 1. The molecule has 0 aromatic heterocycles. The fourth-order valence-corrected chi connectivity index (χ4v) is 6.17. The molecular weight excluding hydrogens is 649 g/mol. The minimum atomic E-state index is -5.17. The predicted octanol–water partition coefficient (Wildman–Crippen LogP) is 10.4. The van der Waals surface area contributed by atoms with Crippen molar-refractivity contribution in [2.24, 2.45) is 0 Å². The van der Waals surface area contributed by atoms with Crippen molar-refractivity contribution in [2.75, 3.05) is 59.5 Å². The van der Waals surface area contributed by atoms with E-state index in [0.29, 0.717) is 0 Å². The molecule has 1 N–H and O–H groups in total. The van der Waals surface area contributed by atoms with E-state index in [-0.39, 0.29) is 0 Å². The van der Waals surface area contributed by atoms with Gasteiger partial charge in [0.05, 0.1) is 65.6 Å². The lowest BCUT2D eigenvalue weighted by molar-refractivity contribution is -0.929. The molecule has 9 heteroatoms. The number of rotatable bonds is 26. The van der Waals surface area contributed by atoms with Crippen molar-refractivity contribution in [3.63, 3.8) is 0 Å². The van der Waals surface area contributed by atoms with Gasteiger partial charge in [-0.15, -0.1) is 0 Å². The summed E-state index contributed by atoms with van der Waals surface area (Å²) in [4.78, 5) is 0. The quantitative estimate of drug-likeness (QED) is 0.0577. The van der Waals surface area contributed by atoms with Crippen molar-refractivity contribution in [1.82, 2.24) is 0 Å². The highest BCUT2D eigenvalue weighted by Crippen LogP contribution is 2.18. The van der Waals surface area contributed by atoms with Crippen molar-refractivity contribution < 1.29 is 36.3 Å². The summed E-state index contributed by atoms with van der Waals surface area (Å²) in [5, 5.41) is 9.15. The third kappa shape index (κ3) is 32.7. The zero-order chi connectivity index (χ0) is 38.7. The molecule has 8 nitrogen and oxygen atoms in total. The van der Waals surface area contributed by atoms with Gasteiger partial charge in [-0.25, -0.2) is 0 Å². The summed E-state index contributed by atoms with van der Waals surface area (Å²) in [5.41, 5.74) is 0.908. The topological polar surface area (TPSA) is 110 Å². The zero-order valence-corrected chi connectivity index (χ0v) is 35.5. The maximum absolute atomic E-state index is 9.15. The van der Waals surface area contributed by atoms with Gasteiger partial charge in [0.2, 0.25) is 0 Å². The van der Waals surface area contributed by atoms with Crippen LogP contribution in [0.4, 0.5) is 0 Å². The van der Waals surface area contributed by atoms with Crippen molar-refractivity contribution >= 4 is 10.4 Å². The van der Waals surface area contributed by atoms with Gasteiger partial charge in [0.1, 0.15) is 5.75 Å². The Morgan fingerprint density at radius 1 is 0.540 bits per heavy atom. The molecule has 0 aliphatic rings. The van der Waals surface area contributed by atoms with Gasteiger partial charge in [-0.05, 0) is 76.0 Å². The Hall–Kier alpha value is -1.23. The first-order valence-corrected chi connectivity index (χ1v) is 21.7. The lowest BCUT2D eigenvalue weighted by Crippen LogP contribution is -2.50. The first-order chi connectivity index (χ1) is 23.7. The smallest absolute Gasteiger partial charge is 0.118 e. The molecule has 1 atom stereocenters. The molecule has 0 aliphatic heterocycles. The van der Waals surface area contributed by atoms with E-state index in [2.05, 4.69) is 55.4 Å². The molecule has 50 heavy (non-hydrogen) atoms. The Kier molecular flexibility index (Phi) is 37.0. The van der Waals surface area contributed by atoms with Crippen LogP contribution in [-0.4, -0.2) is 91.1 Å². The number of quaternary nitrogens is 2. The summed E-state index contributed by atoms with van der Waals surface area (Å²) < 4.78 is 41.9. The molecule has 0 bridgehead atoms. The van der Waals surface area contributed by atoms with E-state index in [0.717, 1.165) is 11.3 Å². The highest BCUT2D eigenvalue weighted by molar-refractivity contribution is 7.79. The van der Waals surface area contributed by atoms with Crippen LogP contribution in [0.25, 0.3) is 0 Å². The fourth-order valence-electron chi connectivity index (χ4n) is 6.17. The van der Waals surface area contributed by atoms with Gasteiger partial charge in [-0.3, -0.25) is 8.42 Å². The summed E-state index contributed by atoms with van der Waals surface area (Å²) in [7, 11) is -3.54. The minimum absolute atomic E-state index is 0.402. The average molecular weight is 733 g/mol. The van der Waals surface area contributed by atoms with E-state index in [1.54, 1.807) is 14.0 Å². The molecule has 0 fully saturated rings. The molecule has 0 saturated heterocycles. The number of aliphatic hydroxyl groups excluding tert-OH is 1. The fraction of sp³-hybridized carbons (Fsp3) is 0.854. The first kappa shape index (κ1) is 53.1. The number of benzene rings is 1. The SMILES string of the molecule is CCCC[N+](CCCC)(CCCC)CCCC.CCCC[N+](CCCC)(CCCC)CCCC.COc1ccc(C(C)O)cc1.O=S(=O)([O-])[O-]. The summed E-state index contributed by atoms with van der Waals surface area (Å²) in [6.07, 6.45) is 21.7. The maximum Gasteiger partial charge on any atom is 0.118 e. The van der Waals surface area contributed by atoms with Gasteiger partial charge in [-0.2, -0.15) is 0 Å². The van der Waals surface area contributed by atoms with Gasteiger partial charge in [0.25, 0.3) is 0 Å². The van der Waals surface area contributed by atoms with Crippen LogP contribution >= 0.6 is 0 Å². The van der Waals surface area contributed by atoms with E-state index in [9.17, 15) is 0 Å². The Morgan fingerprint density at radius 3 is 0.880 bits per heavy atom. The maximum atomic E-state index is 9.15. The molecule has 300 valence electrons. The van der Waals surface area contributed by atoms with Gasteiger partial charge < -0.3 is 27.9 Å². The Labute approximate surface area is 312 Å². The van der Waals surface area contributed by atoms with Crippen molar-refractivity contribution in [3.8, 4) is 5.75 Å². The monoisotopic (exact) mass is 733 g/mol. The zero-order valence-electron chi connectivity index (χ0n) is 34.6. The summed E-state index contributed by atoms with van der Waals surface area (Å²) in [6.45, 7) is 31.8. The number of unbranched alkanes of at least 4 members (excludes halogenated alkanes) is 8. The number of nitrogens with zero attached hydrogens (tertiary/aromatic N) is 2. The predicted molar refractivity (Wildman–Crippen MR) is 213 cm³/mol. The van der Waals surface area contributed by atoms with E-state index in [1.165, 1.54) is 164 Å². The summed E-state index contributed by atoms with van der Waals surface area (Å²) >= 11 is 0. The number of ether oxygens (including phenoxy) is 1. The highest BCUT2D eigenvalue weighted by atomic mass is 32.3. The van der Waals surface area contributed by atoms with Crippen LogP contribution in [0.5, 0.6) is 5.75 Å². The van der Waals surface area contributed by atoms with Crippen LogP contribution < -0.4 is 4.74 Å². The molecule has 0 spiro atoms. The third-order valence-corrected chi connectivity index (χ3v) is 9.49. The van der Waals surface area contributed by atoms with Gasteiger partial charge >= 0.3 is 0 Å². The molecule has 1 aromatic carbocycles. The van der Waals surface area contributed by atoms with Crippen LogP contribution in [0.2, 0.25) is 0 Å². The standard InChI is InChI=1S/2C16H36N.C9H12O2.H2O4S/c2*1-5-9-13-17(14-10-6-2,15-11-7-3)16-12-8-4;1-7(10)8-3-5-9(11-2)6-4-8;1-5(2,3)4/h2*5-16H2,1-4H3;3-7,10H,1-2H3;(H2,1,2,3,4)/q2*+1;;/p-2. The van der Waals surface area contributed by atoms with Gasteiger partial charge in [-0.1, -0.05) is 119 Å². The van der Waals surface area contributed by atoms with Crippen LogP contribution in [0, 0.1) is 0 Å². The minimum Gasteiger partial charge on any atom is -0.759 e. The van der Waals surface area contributed by atoms with Crippen molar-refractivity contribution in [2.45, 2.75) is 171 Å². The lowest BCUT2D eigenvalue weighted by atomic mass is 10.1. The molecule has 0 radical (unpaired) electrons. The summed E-state index contributed by atoms with van der Waals surface area (Å²) in [6, 6.07) is 7.37. The molecule has 0 heterocycles. The van der Waals surface area contributed by atoms with Crippen LogP contribution in [-0.2, 0) is 10.4 Å². The second-order valence-corrected chi connectivity index (χ2v) is 15.0. The van der Waals surface area contributed by atoms with Gasteiger partial charge in [0.15, 0.2) is 0 Å². The number of hydrogen-bond donors (Lipinski definition) is 1. The number of hydrogen-bond acceptors (Lipinski definition) is 6. The normalized spacial score (nSPS) is 12.1. The summed E-state index contributed by atoms with van der Waals surface area (Å²) in [5.74, 6) is 0.814. The molecule has 1 unspecified atom stereocenters. The van der Waals surface area contributed by atoms with E-state index >= 15 is 0 Å². The average Bonchev–Trinajstić information content (AvgIpc) is 3.10. The van der Waals surface area contributed by atoms with Gasteiger partial charge in [0, 0.05) is 10.4 Å².